The molecule has 0 aliphatic heterocycles. The summed E-state index contributed by atoms with van der Waals surface area (Å²) in [6, 6.07) is 7.23. The molecule has 1 saturated carbocycles. The van der Waals surface area contributed by atoms with Gasteiger partial charge in [0.05, 0.1) is 11.6 Å². The average molecular weight is 258 g/mol. The molecular weight excluding hydrogens is 244 g/mol. The van der Waals surface area contributed by atoms with E-state index in [1.165, 1.54) is 24.3 Å². The molecule has 98 valence electrons. The Bertz CT molecular complexity index is 527. The molecule has 1 fully saturated rings. The molecule has 1 aromatic rings. The van der Waals surface area contributed by atoms with E-state index in [0.29, 0.717) is 23.5 Å². The van der Waals surface area contributed by atoms with Crippen molar-refractivity contribution in [3.8, 4) is 6.07 Å². The Hall–Kier alpha value is -2.35. The first-order chi connectivity index (χ1) is 9.10. The Balaban J connectivity index is 2.01. The van der Waals surface area contributed by atoms with Crippen molar-refractivity contribution in [2.75, 3.05) is 0 Å². The summed E-state index contributed by atoms with van der Waals surface area (Å²) >= 11 is 0. The highest BCUT2D eigenvalue weighted by atomic mass is 16.4. The quantitative estimate of drug-likeness (QED) is 0.838. The number of amides is 1. The second-order valence-corrected chi connectivity index (χ2v) is 4.73. The van der Waals surface area contributed by atoms with Gasteiger partial charge >= 0.3 is 5.97 Å². The Morgan fingerprint density at radius 1 is 1.37 bits per heavy atom. The molecular formula is C14H14N2O3. The van der Waals surface area contributed by atoms with Gasteiger partial charge in [-0.1, -0.05) is 12.8 Å². The van der Waals surface area contributed by atoms with Crippen molar-refractivity contribution >= 4 is 11.9 Å². The lowest BCUT2D eigenvalue weighted by atomic mass is 10.1. The number of carbonyl (C=O) groups excluding carboxylic acids is 1. The van der Waals surface area contributed by atoms with Crippen LogP contribution >= 0.6 is 0 Å². The minimum atomic E-state index is -1.01. The molecule has 5 heteroatoms. The molecule has 0 unspecified atom stereocenters. The molecule has 0 heterocycles. The fourth-order valence-electron chi connectivity index (χ4n) is 1.85. The monoisotopic (exact) mass is 258 g/mol. The maximum atomic E-state index is 11.9. The number of rotatable bonds is 5. The lowest BCUT2D eigenvalue weighted by Crippen LogP contribution is -2.41. The summed E-state index contributed by atoms with van der Waals surface area (Å²) in [5, 5.41) is 20.3. The number of carboxylic acid groups (broad SMARTS) is 1. The molecule has 1 aliphatic carbocycles. The van der Waals surface area contributed by atoms with Crippen LogP contribution in [0.1, 0.15) is 35.2 Å². The molecule has 0 bridgehead atoms. The predicted octanol–water partition coefficient (Wildman–Crippen LogP) is 1.54. The lowest BCUT2D eigenvalue weighted by Gasteiger charge is -2.14. The number of nitrogens with one attached hydrogen (secondary N) is 1. The number of hydrogen-bond donors (Lipinski definition) is 2. The number of aliphatic carboxylic acids is 1. The first-order valence-corrected chi connectivity index (χ1v) is 6.14. The molecule has 2 rings (SSSR count). The Kier molecular flexibility index (Phi) is 3.81. The third-order valence-corrected chi connectivity index (χ3v) is 3.15. The first-order valence-electron chi connectivity index (χ1n) is 6.14. The van der Waals surface area contributed by atoms with E-state index in [2.05, 4.69) is 5.32 Å². The van der Waals surface area contributed by atoms with Gasteiger partial charge in [-0.2, -0.15) is 5.26 Å². The molecule has 1 atom stereocenters. The van der Waals surface area contributed by atoms with E-state index in [1.54, 1.807) is 0 Å². The number of carboxylic acids is 1. The topological polar surface area (TPSA) is 90.2 Å². The molecule has 19 heavy (non-hydrogen) atoms. The van der Waals surface area contributed by atoms with Crippen molar-refractivity contribution in [2.24, 2.45) is 5.92 Å². The van der Waals surface area contributed by atoms with Crippen molar-refractivity contribution in [1.29, 1.82) is 5.26 Å². The second-order valence-electron chi connectivity index (χ2n) is 4.73. The maximum absolute atomic E-state index is 11.9. The Morgan fingerprint density at radius 2 is 2.00 bits per heavy atom. The number of nitriles is 1. The van der Waals surface area contributed by atoms with Gasteiger partial charge in [0, 0.05) is 5.56 Å². The van der Waals surface area contributed by atoms with Crippen LogP contribution in [0, 0.1) is 17.2 Å². The van der Waals surface area contributed by atoms with Crippen LogP contribution < -0.4 is 5.32 Å². The van der Waals surface area contributed by atoms with Crippen LogP contribution in [0.5, 0.6) is 0 Å². The van der Waals surface area contributed by atoms with Gasteiger partial charge in [0.15, 0.2) is 0 Å². The number of nitrogens with zero attached hydrogens (tertiary/aromatic N) is 1. The summed E-state index contributed by atoms with van der Waals surface area (Å²) in [4.78, 5) is 23.0. The number of carbonyl (C=O) groups is 2. The second kappa shape index (κ2) is 5.53. The molecule has 1 aliphatic rings. The normalized spacial score (nSPS) is 15.3. The van der Waals surface area contributed by atoms with Crippen LogP contribution in [0.3, 0.4) is 0 Å². The van der Waals surface area contributed by atoms with Gasteiger partial charge in [0.1, 0.15) is 6.04 Å². The van der Waals surface area contributed by atoms with Crippen molar-refractivity contribution in [3.63, 3.8) is 0 Å². The maximum Gasteiger partial charge on any atom is 0.326 e. The molecule has 0 spiro atoms. The fourth-order valence-corrected chi connectivity index (χ4v) is 1.85. The molecule has 0 radical (unpaired) electrons. The van der Waals surface area contributed by atoms with E-state index >= 15 is 0 Å². The third kappa shape index (κ3) is 3.55. The highest BCUT2D eigenvalue weighted by molar-refractivity contribution is 5.96. The summed E-state index contributed by atoms with van der Waals surface area (Å²) < 4.78 is 0. The van der Waals surface area contributed by atoms with Gasteiger partial charge in [-0.25, -0.2) is 4.79 Å². The summed E-state index contributed by atoms with van der Waals surface area (Å²) in [6.07, 6.45) is 2.56. The van der Waals surface area contributed by atoms with Crippen LogP contribution in [0.25, 0.3) is 0 Å². The van der Waals surface area contributed by atoms with Crippen LogP contribution in [0.4, 0.5) is 0 Å². The molecule has 0 aromatic heterocycles. The van der Waals surface area contributed by atoms with Crippen molar-refractivity contribution in [3.05, 3.63) is 35.4 Å². The van der Waals surface area contributed by atoms with E-state index in [-0.39, 0.29) is 0 Å². The van der Waals surface area contributed by atoms with Gasteiger partial charge in [-0.05, 0) is 36.6 Å². The van der Waals surface area contributed by atoms with Gasteiger partial charge in [0.25, 0.3) is 5.91 Å². The summed E-state index contributed by atoms with van der Waals surface area (Å²) in [7, 11) is 0. The lowest BCUT2D eigenvalue weighted by molar-refractivity contribution is -0.139. The zero-order chi connectivity index (χ0) is 13.8. The van der Waals surface area contributed by atoms with Gasteiger partial charge in [-0.15, -0.1) is 0 Å². The number of hydrogen-bond acceptors (Lipinski definition) is 3. The van der Waals surface area contributed by atoms with Gasteiger partial charge in [-0.3, -0.25) is 4.79 Å². The van der Waals surface area contributed by atoms with Crippen molar-refractivity contribution in [2.45, 2.75) is 25.3 Å². The predicted molar refractivity (Wildman–Crippen MR) is 67.4 cm³/mol. The fraction of sp³-hybridized carbons (Fsp3) is 0.357. The average Bonchev–Trinajstić information content (AvgIpc) is 3.22. The minimum absolute atomic E-state index is 0.362. The molecule has 0 saturated heterocycles. The molecule has 1 aromatic carbocycles. The Morgan fingerprint density at radius 3 is 2.47 bits per heavy atom. The first kappa shape index (κ1) is 13.1. The van der Waals surface area contributed by atoms with Crippen LogP contribution in [-0.4, -0.2) is 23.0 Å². The molecule has 1 amide bonds. The van der Waals surface area contributed by atoms with E-state index in [4.69, 9.17) is 10.4 Å². The number of benzene rings is 1. The zero-order valence-electron chi connectivity index (χ0n) is 10.3. The van der Waals surface area contributed by atoms with Gasteiger partial charge in [0.2, 0.25) is 0 Å². The standard InChI is InChI=1S/C14H14N2O3/c15-8-10-3-5-11(6-4-10)13(17)16-12(14(18)19)7-9-1-2-9/h3-6,9,12H,1-2,7H2,(H,16,17)(H,18,19)/t12-/m0/s1. The van der Waals surface area contributed by atoms with Crippen molar-refractivity contribution < 1.29 is 14.7 Å². The van der Waals surface area contributed by atoms with E-state index in [1.807, 2.05) is 6.07 Å². The highest BCUT2D eigenvalue weighted by Crippen LogP contribution is 2.33. The summed E-state index contributed by atoms with van der Waals surface area (Å²) in [5.41, 5.74) is 0.824. The summed E-state index contributed by atoms with van der Waals surface area (Å²) in [5.74, 6) is -1.01. The minimum Gasteiger partial charge on any atom is -0.480 e. The smallest absolute Gasteiger partial charge is 0.326 e. The summed E-state index contributed by atoms with van der Waals surface area (Å²) in [6.45, 7) is 0. The van der Waals surface area contributed by atoms with Crippen LogP contribution in [0.2, 0.25) is 0 Å². The van der Waals surface area contributed by atoms with Crippen LogP contribution in [0.15, 0.2) is 24.3 Å². The van der Waals surface area contributed by atoms with E-state index in [0.717, 1.165) is 12.8 Å². The van der Waals surface area contributed by atoms with E-state index < -0.39 is 17.9 Å². The van der Waals surface area contributed by atoms with E-state index in [9.17, 15) is 9.59 Å². The zero-order valence-corrected chi connectivity index (χ0v) is 10.3. The van der Waals surface area contributed by atoms with Crippen molar-refractivity contribution in [1.82, 2.24) is 5.32 Å². The SMILES string of the molecule is N#Cc1ccc(C(=O)N[C@@H](CC2CC2)C(=O)O)cc1. The van der Waals surface area contributed by atoms with Gasteiger partial charge < -0.3 is 10.4 Å². The molecule has 2 N–H and O–H groups in total. The largest absolute Gasteiger partial charge is 0.480 e. The third-order valence-electron chi connectivity index (χ3n) is 3.15. The molecule has 5 nitrogen and oxygen atoms in total. The van der Waals surface area contributed by atoms with Crippen LogP contribution in [-0.2, 0) is 4.79 Å². The highest BCUT2D eigenvalue weighted by Gasteiger charge is 2.30. The Labute approximate surface area is 110 Å².